The molecule has 1 aromatic carbocycles. The molecule has 0 fully saturated rings. The molecule has 0 N–H and O–H groups in total. The molecule has 0 bridgehead atoms. The van der Waals surface area contributed by atoms with Crippen molar-refractivity contribution in [2.75, 3.05) is 0 Å². The van der Waals surface area contributed by atoms with Gasteiger partial charge in [-0.15, -0.1) is 0 Å². The minimum atomic E-state index is 0.0289. The number of fused-ring (bicyclic) bond motifs is 1. The van der Waals surface area contributed by atoms with Crippen LogP contribution >= 0.6 is 0 Å². The molecule has 0 radical (unpaired) electrons. The molecule has 0 spiro atoms. The number of rotatable bonds is 0. The molecule has 13 heavy (non-hydrogen) atoms. The van der Waals surface area contributed by atoms with E-state index < -0.39 is 0 Å². The molecule has 1 atom stereocenters. The summed E-state index contributed by atoms with van der Waals surface area (Å²) in [6.45, 7) is 3.85. The molecule has 2 rings (SSSR count). The zero-order chi connectivity index (χ0) is 9.42. The fraction of sp³-hybridized carbons (Fsp3) is 0.250. The van der Waals surface area contributed by atoms with Crippen LogP contribution < -0.4 is 0 Å². The maximum Gasteiger partial charge on any atom is 0.165 e. The van der Waals surface area contributed by atoms with E-state index in [0.29, 0.717) is 0 Å². The highest BCUT2D eigenvalue weighted by Crippen LogP contribution is 2.29. The lowest BCUT2D eigenvalue weighted by atomic mass is 9.84. The fourth-order valence-corrected chi connectivity index (χ4v) is 1.82. The smallest absolute Gasteiger partial charge is 0.165 e. The van der Waals surface area contributed by atoms with Crippen LogP contribution in [0.15, 0.2) is 29.8 Å². The van der Waals surface area contributed by atoms with Crippen LogP contribution in [0.3, 0.4) is 0 Å². The summed E-state index contributed by atoms with van der Waals surface area (Å²) in [5.41, 5.74) is 3.20. The first-order chi connectivity index (χ1) is 6.20. The van der Waals surface area contributed by atoms with Crippen LogP contribution in [-0.2, 0) is 4.79 Å². The normalized spacial score (nSPS) is 20.9. The third kappa shape index (κ3) is 1.21. The van der Waals surface area contributed by atoms with E-state index in [4.69, 9.17) is 0 Å². The van der Waals surface area contributed by atoms with Gasteiger partial charge in [-0.2, -0.15) is 0 Å². The Hall–Kier alpha value is -1.37. The Morgan fingerprint density at radius 2 is 1.92 bits per heavy atom. The molecule has 0 heterocycles. The summed E-state index contributed by atoms with van der Waals surface area (Å²) in [5.74, 6) is 0.278. The number of carbonyl (C=O) groups excluding carboxylic acids is 1. The highest BCUT2D eigenvalue weighted by atomic mass is 16.1. The minimum absolute atomic E-state index is 0.0289. The van der Waals surface area contributed by atoms with Gasteiger partial charge < -0.3 is 0 Å². The van der Waals surface area contributed by atoms with Gasteiger partial charge in [0.05, 0.1) is 0 Å². The largest absolute Gasteiger partial charge is 0.294 e. The van der Waals surface area contributed by atoms with Crippen molar-refractivity contribution in [1.29, 1.82) is 0 Å². The summed E-state index contributed by atoms with van der Waals surface area (Å²) >= 11 is 0. The van der Waals surface area contributed by atoms with E-state index in [1.54, 1.807) is 0 Å². The van der Waals surface area contributed by atoms with Gasteiger partial charge >= 0.3 is 0 Å². The standard InChI is InChI=1S/C12H12O/c1-8-7-10-5-3-4-6-11(10)9(2)12(8)13/h3-7,9H,1-2H3. The molecule has 0 aromatic heterocycles. The topological polar surface area (TPSA) is 17.1 Å². The number of Topliss-reactive ketones (excluding diaryl/α,β-unsaturated/α-hetero) is 1. The second kappa shape index (κ2) is 2.84. The second-order valence-electron chi connectivity index (χ2n) is 3.54. The minimum Gasteiger partial charge on any atom is -0.294 e. The molecule has 1 unspecified atom stereocenters. The molecule has 1 nitrogen and oxygen atoms in total. The quantitative estimate of drug-likeness (QED) is 0.588. The lowest BCUT2D eigenvalue weighted by molar-refractivity contribution is -0.116. The average Bonchev–Trinajstić information content (AvgIpc) is 2.15. The molecule has 66 valence electrons. The number of hydrogen-bond donors (Lipinski definition) is 0. The summed E-state index contributed by atoms with van der Waals surface area (Å²) < 4.78 is 0. The van der Waals surface area contributed by atoms with E-state index >= 15 is 0 Å². The molecule has 0 saturated heterocycles. The van der Waals surface area contributed by atoms with Crippen molar-refractivity contribution < 1.29 is 4.79 Å². The molecule has 1 heteroatoms. The molecule has 1 aliphatic rings. The number of allylic oxidation sites excluding steroid dienone is 1. The summed E-state index contributed by atoms with van der Waals surface area (Å²) in [6.07, 6.45) is 1.97. The van der Waals surface area contributed by atoms with Crippen molar-refractivity contribution in [2.24, 2.45) is 0 Å². The lowest BCUT2D eigenvalue weighted by Gasteiger charge is -2.19. The van der Waals surface area contributed by atoms with Gasteiger partial charge in [0.25, 0.3) is 0 Å². The van der Waals surface area contributed by atoms with Crippen molar-refractivity contribution in [3.63, 3.8) is 0 Å². The highest BCUT2D eigenvalue weighted by Gasteiger charge is 2.22. The molecule has 1 aromatic rings. The van der Waals surface area contributed by atoms with Crippen LogP contribution in [0.4, 0.5) is 0 Å². The van der Waals surface area contributed by atoms with Gasteiger partial charge in [-0.25, -0.2) is 0 Å². The highest BCUT2D eigenvalue weighted by molar-refractivity contribution is 6.06. The lowest BCUT2D eigenvalue weighted by Crippen LogP contribution is -2.15. The molecule has 1 aliphatic carbocycles. The van der Waals surface area contributed by atoms with Crippen molar-refractivity contribution in [3.05, 3.63) is 41.0 Å². The van der Waals surface area contributed by atoms with E-state index in [0.717, 1.165) is 11.1 Å². The Morgan fingerprint density at radius 1 is 1.23 bits per heavy atom. The van der Waals surface area contributed by atoms with Gasteiger partial charge in [0, 0.05) is 5.92 Å². The van der Waals surface area contributed by atoms with Crippen molar-refractivity contribution in [1.82, 2.24) is 0 Å². The molecule has 0 amide bonds. The fourth-order valence-electron chi connectivity index (χ4n) is 1.82. The number of benzene rings is 1. The summed E-state index contributed by atoms with van der Waals surface area (Å²) in [7, 11) is 0. The Bertz CT molecular complexity index is 388. The van der Waals surface area contributed by atoms with Crippen LogP contribution in [-0.4, -0.2) is 5.78 Å². The van der Waals surface area contributed by atoms with Crippen molar-refractivity contribution >= 4 is 11.9 Å². The average molecular weight is 172 g/mol. The Morgan fingerprint density at radius 3 is 2.69 bits per heavy atom. The maximum atomic E-state index is 11.6. The van der Waals surface area contributed by atoms with Gasteiger partial charge in [-0.05, 0) is 29.7 Å². The van der Waals surface area contributed by atoms with E-state index in [9.17, 15) is 4.79 Å². The molecular weight excluding hydrogens is 160 g/mol. The van der Waals surface area contributed by atoms with Crippen molar-refractivity contribution in [2.45, 2.75) is 19.8 Å². The van der Waals surface area contributed by atoms with Gasteiger partial charge in [-0.1, -0.05) is 31.2 Å². The summed E-state index contributed by atoms with van der Waals surface area (Å²) in [4.78, 5) is 11.6. The van der Waals surface area contributed by atoms with Crippen LogP contribution in [0.5, 0.6) is 0 Å². The van der Waals surface area contributed by atoms with E-state index in [1.165, 1.54) is 5.56 Å². The van der Waals surface area contributed by atoms with Crippen LogP contribution in [0.1, 0.15) is 30.9 Å². The van der Waals surface area contributed by atoms with Crippen LogP contribution in [0.2, 0.25) is 0 Å². The number of hydrogen-bond acceptors (Lipinski definition) is 1. The van der Waals surface area contributed by atoms with Gasteiger partial charge in [-0.3, -0.25) is 4.79 Å². The van der Waals surface area contributed by atoms with E-state index in [1.807, 2.05) is 38.1 Å². The zero-order valence-corrected chi connectivity index (χ0v) is 7.87. The van der Waals surface area contributed by atoms with Crippen molar-refractivity contribution in [3.8, 4) is 0 Å². The first kappa shape index (κ1) is 8.24. The van der Waals surface area contributed by atoms with Gasteiger partial charge in [0.1, 0.15) is 0 Å². The maximum absolute atomic E-state index is 11.6. The Balaban J connectivity index is 2.63. The molecule has 0 aliphatic heterocycles. The summed E-state index contributed by atoms with van der Waals surface area (Å²) in [6, 6.07) is 8.07. The van der Waals surface area contributed by atoms with E-state index in [2.05, 4.69) is 6.07 Å². The van der Waals surface area contributed by atoms with E-state index in [-0.39, 0.29) is 11.7 Å². The SMILES string of the molecule is CC1=Cc2ccccc2C(C)C1=O. The van der Waals surface area contributed by atoms with Crippen LogP contribution in [0, 0.1) is 0 Å². The Kier molecular flexibility index (Phi) is 1.80. The monoisotopic (exact) mass is 172 g/mol. The summed E-state index contributed by atoms with van der Waals surface area (Å²) in [5, 5.41) is 0. The first-order valence-electron chi connectivity index (χ1n) is 4.51. The predicted octanol–water partition coefficient (Wildman–Crippen LogP) is 2.78. The molecular formula is C12H12O. The zero-order valence-electron chi connectivity index (χ0n) is 7.87. The number of ketones is 1. The molecule has 0 saturated carbocycles. The first-order valence-corrected chi connectivity index (χ1v) is 4.51. The second-order valence-corrected chi connectivity index (χ2v) is 3.54. The third-order valence-corrected chi connectivity index (χ3v) is 2.62. The Labute approximate surface area is 78.1 Å². The van der Waals surface area contributed by atoms with Crippen LogP contribution in [0.25, 0.3) is 6.08 Å². The van der Waals surface area contributed by atoms with Gasteiger partial charge in [0.2, 0.25) is 0 Å². The number of carbonyl (C=O) groups is 1. The van der Waals surface area contributed by atoms with Gasteiger partial charge in [0.15, 0.2) is 5.78 Å². The predicted molar refractivity (Wildman–Crippen MR) is 53.5 cm³/mol. The third-order valence-electron chi connectivity index (χ3n) is 2.62.